The molecule has 0 radical (unpaired) electrons. The number of aliphatic hydroxyl groups is 1. The lowest BCUT2D eigenvalue weighted by Gasteiger charge is -2.18. The van der Waals surface area contributed by atoms with Crippen LogP contribution in [0.1, 0.15) is 68.3 Å². The lowest BCUT2D eigenvalue weighted by atomic mass is 9.99. The minimum atomic E-state index is -0.940. The van der Waals surface area contributed by atoms with Gasteiger partial charge in [0.05, 0.1) is 72.0 Å². The second kappa shape index (κ2) is 22.7. The van der Waals surface area contributed by atoms with Crippen molar-refractivity contribution in [3.63, 3.8) is 0 Å². The molecule has 0 aliphatic heterocycles. The zero-order chi connectivity index (χ0) is 50.1. The van der Waals surface area contributed by atoms with Gasteiger partial charge in [0.15, 0.2) is 23.8 Å². The molecule has 0 saturated carbocycles. The fourth-order valence-electron chi connectivity index (χ4n) is 6.53. The number of benzene rings is 2. The standard InChI is InChI=1S/C22H16BrFN6O3S.C17H15FN4OS.C5H2BrFN2O2/c1-12(33-19-5-14(23)8-26-22(19)30(31)32)18-6-15(24)3-4-17(18)21-20(34-13(2)28-21)10-29-9-16(7-25)27-11-29;1-10(23)15-5-12(18)3-4-14(15)17-16(24-11(2)21-17)8-22-7-13(6-19)20-9-22;6-3-1-4(7)5(8-2-3)9(10)11/h3-6,8-9,11-12H,10H2,1-2H3;3-5,7,9-10,23H,8H2,1-2H3;1-2H. The van der Waals surface area contributed by atoms with Crippen LogP contribution >= 0.6 is 54.5 Å². The summed E-state index contributed by atoms with van der Waals surface area (Å²) < 4.78 is 50.8. The number of hydrogen-bond donors (Lipinski definition) is 1. The Morgan fingerprint density at radius 3 is 1.65 bits per heavy atom. The van der Waals surface area contributed by atoms with Gasteiger partial charge in [0.25, 0.3) is 0 Å². The van der Waals surface area contributed by atoms with Crippen LogP contribution in [0.5, 0.6) is 5.75 Å². The van der Waals surface area contributed by atoms with Crippen LogP contribution in [0.15, 0.2) is 94.9 Å². The minimum Gasteiger partial charge on any atom is -0.478 e. The maximum atomic E-state index is 14.3. The molecule has 0 amide bonds. The van der Waals surface area contributed by atoms with E-state index in [-0.39, 0.29) is 5.75 Å². The highest BCUT2D eigenvalue weighted by Gasteiger charge is 2.25. The van der Waals surface area contributed by atoms with Crippen molar-refractivity contribution < 1.29 is 32.9 Å². The molecule has 69 heavy (non-hydrogen) atoms. The number of ether oxygens (including phenoxy) is 1. The van der Waals surface area contributed by atoms with E-state index in [4.69, 9.17) is 15.3 Å². The predicted octanol–water partition coefficient (Wildman–Crippen LogP) is 10.9. The van der Waals surface area contributed by atoms with E-state index in [2.05, 4.69) is 61.8 Å². The molecule has 0 bridgehead atoms. The number of pyridine rings is 2. The van der Waals surface area contributed by atoms with Gasteiger partial charge in [0.2, 0.25) is 11.6 Å². The van der Waals surface area contributed by atoms with Crippen molar-refractivity contribution in [3.8, 4) is 40.4 Å². The Bertz CT molecular complexity index is 3280. The molecule has 25 heteroatoms. The summed E-state index contributed by atoms with van der Waals surface area (Å²) in [6, 6.07) is 15.1. The third-order valence-corrected chi connectivity index (χ3v) is 12.2. The number of aliphatic hydroxyl groups excluding tert-OH is 1. The molecule has 0 aliphatic carbocycles. The van der Waals surface area contributed by atoms with Crippen LogP contribution in [0.4, 0.5) is 24.8 Å². The molecule has 2 aromatic carbocycles. The van der Waals surface area contributed by atoms with Crippen LogP contribution in [0, 0.1) is 74.2 Å². The first-order chi connectivity index (χ1) is 32.8. The third-order valence-electron chi connectivity index (χ3n) is 9.42. The Kier molecular flexibility index (Phi) is 16.8. The summed E-state index contributed by atoms with van der Waals surface area (Å²) in [5, 5.41) is 51.0. The first-order valence-electron chi connectivity index (χ1n) is 19.8. The van der Waals surface area contributed by atoms with Gasteiger partial charge < -0.3 is 39.2 Å². The summed E-state index contributed by atoms with van der Waals surface area (Å²) in [5.74, 6) is -3.04. The lowest BCUT2D eigenvalue weighted by molar-refractivity contribution is -0.392. The molecule has 352 valence electrons. The average Bonchev–Trinajstić information content (AvgIpc) is 4.11. The SMILES string of the molecule is Cc1nc(-c2ccc(F)cc2C(C)O)c(Cn2cnc(C#N)c2)s1.Cc1nc(-c2ccc(F)cc2C(C)Oc2cc(Br)cnc2[N+](=O)[O-])c(Cn2cnc(C#N)c2)s1.O=[N+]([O-])c1ncc(Br)cc1F. The number of nitro groups is 2. The second-order valence-electron chi connectivity index (χ2n) is 14.4. The molecular formula is C44H33Br2F3N12O6S2. The first kappa shape index (κ1) is 51.1. The molecule has 2 unspecified atom stereocenters. The fourth-order valence-corrected chi connectivity index (χ4v) is 9.06. The van der Waals surface area contributed by atoms with E-state index >= 15 is 0 Å². The van der Waals surface area contributed by atoms with Crippen molar-refractivity contribution in [2.45, 2.75) is 53.0 Å². The number of aryl methyl sites for hydroxylation is 2. The van der Waals surface area contributed by atoms with Crippen molar-refractivity contribution in [1.82, 2.24) is 39.0 Å². The fraction of sp³-hybridized carbons (Fsp3) is 0.182. The molecule has 0 fully saturated rings. The number of rotatable bonds is 12. The highest BCUT2D eigenvalue weighted by atomic mass is 79.9. The van der Waals surface area contributed by atoms with Gasteiger partial charge in [-0.25, -0.2) is 28.7 Å². The van der Waals surface area contributed by atoms with Gasteiger partial charge in [-0.05, 0) is 121 Å². The molecule has 0 spiro atoms. The van der Waals surface area contributed by atoms with E-state index in [1.54, 1.807) is 60.2 Å². The van der Waals surface area contributed by atoms with E-state index in [1.165, 1.54) is 65.4 Å². The van der Waals surface area contributed by atoms with E-state index in [0.717, 1.165) is 31.5 Å². The van der Waals surface area contributed by atoms with Gasteiger partial charge in [0.1, 0.15) is 29.9 Å². The Balaban J connectivity index is 0.000000193. The molecule has 0 aliphatic rings. The van der Waals surface area contributed by atoms with Crippen LogP contribution in [0.2, 0.25) is 0 Å². The van der Waals surface area contributed by atoms with E-state index < -0.39 is 51.1 Å². The largest absolute Gasteiger partial charge is 0.478 e. The molecule has 6 heterocycles. The minimum absolute atomic E-state index is 0.0424. The van der Waals surface area contributed by atoms with E-state index in [9.17, 15) is 38.5 Å². The van der Waals surface area contributed by atoms with Gasteiger partial charge in [-0.2, -0.15) is 14.9 Å². The summed E-state index contributed by atoms with van der Waals surface area (Å²) in [4.78, 5) is 46.1. The molecule has 0 saturated heterocycles. The van der Waals surface area contributed by atoms with Gasteiger partial charge in [-0.1, -0.05) is 0 Å². The summed E-state index contributed by atoms with van der Waals surface area (Å²) in [5.41, 5.74) is 4.35. The number of thiazole rings is 2. The monoisotopic (exact) mass is 1100 g/mol. The van der Waals surface area contributed by atoms with Gasteiger partial charge in [-0.3, -0.25) is 0 Å². The highest BCUT2D eigenvalue weighted by Crippen LogP contribution is 2.38. The molecule has 6 aromatic heterocycles. The maximum Gasteiger partial charge on any atom is 0.406 e. The smallest absolute Gasteiger partial charge is 0.406 e. The van der Waals surface area contributed by atoms with Crippen LogP contribution < -0.4 is 4.74 Å². The van der Waals surface area contributed by atoms with Crippen molar-refractivity contribution in [2.75, 3.05) is 0 Å². The summed E-state index contributed by atoms with van der Waals surface area (Å²) in [7, 11) is 0. The van der Waals surface area contributed by atoms with Crippen molar-refractivity contribution in [3.05, 3.63) is 175 Å². The summed E-state index contributed by atoms with van der Waals surface area (Å²) >= 11 is 9.17. The molecule has 18 nitrogen and oxygen atoms in total. The number of imidazole rings is 2. The molecule has 8 rings (SSSR count). The zero-order valence-corrected chi connectivity index (χ0v) is 41.0. The second-order valence-corrected chi connectivity index (χ2v) is 18.8. The summed E-state index contributed by atoms with van der Waals surface area (Å²) in [6.45, 7) is 7.97. The average molecular weight is 1110 g/mol. The molecule has 1 N–H and O–H groups in total. The molecule has 2 atom stereocenters. The lowest BCUT2D eigenvalue weighted by Crippen LogP contribution is -2.08. The van der Waals surface area contributed by atoms with Crippen molar-refractivity contribution >= 4 is 66.2 Å². The highest BCUT2D eigenvalue weighted by molar-refractivity contribution is 9.10. The van der Waals surface area contributed by atoms with Gasteiger partial charge >= 0.3 is 11.6 Å². The Morgan fingerprint density at radius 1 is 0.739 bits per heavy atom. The quantitative estimate of drug-likeness (QED) is 0.0882. The topological polar surface area (TPSA) is 251 Å². The normalized spacial score (nSPS) is 11.5. The van der Waals surface area contributed by atoms with Crippen LogP contribution in [0.25, 0.3) is 22.5 Å². The van der Waals surface area contributed by atoms with Crippen LogP contribution in [-0.2, 0) is 13.1 Å². The predicted molar refractivity (Wildman–Crippen MR) is 253 cm³/mol. The first-order valence-corrected chi connectivity index (χ1v) is 23.0. The van der Waals surface area contributed by atoms with Crippen LogP contribution in [0.3, 0.4) is 0 Å². The third kappa shape index (κ3) is 13.0. The Morgan fingerprint density at radius 2 is 1.20 bits per heavy atom. The number of hydrogen-bond acceptors (Lipinski definition) is 16. The maximum absolute atomic E-state index is 14.3. The summed E-state index contributed by atoms with van der Waals surface area (Å²) in [6.07, 6.45) is 7.38. The number of nitriles is 2. The van der Waals surface area contributed by atoms with E-state index in [1.807, 2.05) is 26.0 Å². The number of halogens is 5. The van der Waals surface area contributed by atoms with Crippen molar-refractivity contribution in [1.29, 1.82) is 10.5 Å². The molecule has 8 aromatic rings. The zero-order valence-electron chi connectivity index (χ0n) is 36.2. The number of aromatic nitrogens is 8. The van der Waals surface area contributed by atoms with Gasteiger partial charge in [0, 0.05) is 41.2 Å². The van der Waals surface area contributed by atoms with Crippen LogP contribution in [-0.4, -0.2) is 54.0 Å². The van der Waals surface area contributed by atoms with E-state index in [0.29, 0.717) is 61.4 Å². The van der Waals surface area contributed by atoms with Crippen molar-refractivity contribution in [2.24, 2.45) is 0 Å². The number of nitrogens with zero attached hydrogens (tertiary/aromatic N) is 12. The Labute approximate surface area is 414 Å². The Hall–Kier alpha value is -7.29. The van der Waals surface area contributed by atoms with Gasteiger partial charge in [-0.15, -0.1) is 22.7 Å². The molecular weight excluding hydrogens is 1070 g/mol.